The maximum Gasteiger partial charge on any atom is 0.300 e. The molecule has 11 N–H and O–H groups in total. The first-order valence-corrected chi connectivity index (χ1v) is 15.9. The zero-order valence-corrected chi connectivity index (χ0v) is 26.7. The fourth-order valence-corrected chi connectivity index (χ4v) is 6.36. The van der Waals surface area contributed by atoms with Crippen molar-refractivity contribution in [3.05, 3.63) is 29.8 Å². The third-order valence-electron chi connectivity index (χ3n) is 8.66. The molecule has 13 nitrogen and oxygen atoms in total. The van der Waals surface area contributed by atoms with Gasteiger partial charge in [-0.25, -0.2) is 0 Å². The number of benzene rings is 1. The molecular weight excluding hydrogens is 576 g/mol. The molecule has 13 heteroatoms. The number of amidine groups is 1. The number of primary amides is 1. The van der Waals surface area contributed by atoms with Crippen molar-refractivity contribution >= 4 is 41.2 Å². The number of aliphatic carboxylic acids is 1. The largest absolute Gasteiger partial charge is 0.481 e. The summed E-state index contributed by atoms with van der Waals surface area (Å²) < 4.78 is 0. The Balaban J connectivity index is 0.00000166. The van der Waals surface area contributed by atoms with Gasteiger partial charge in [0.25, 0.3) is 5.97 Å². The van der Waals surface area contributed by atoms with Gasteiger partial charge >= 0.3 is 0 Å². The number of nitrogens with two attached hydrogens (primary N) is 4. The lowest BCUT2D eigenvalue weighted by Gasteiger charge is -2.40. The molecule has 4 atom stereocenters. The molecule has 0 aromatic heterocycles. The number of hydrogen-bond acceptors (Lipinski definition) is 6. The van der Waals surface area contributed by atoms with Crippen LogP contribution in [0.4, 0.5) is 5.69 Å². The van der Waals surface area contributed by atoms with Crippen LogP contribution in [0.5, 0.6) is 0 Å². The minimum absolute atomic E-state index is 0.0146. The van der Waals surface area contributed by atoms with E-state index in [1.54, 1.807) is 12.1 Å². The Morgan fingerprint density at radius 2 is 1.62 bits per heavy atom. The van der Waals surface area contributed by atoms with Gasteiger partial charge in [-0.15, -0.1) is 0 Å². The highest BCUT2D eigenvalue weighted by Crippen LogP contribution is 2.37. The Bertz CT molecular complexity index is 1170. The second-order valence-corrected chi connectivity index (χ2v) is 12.2. The number of aliphatic imine (C=N–C) groups is 1. The lowest BCUT2D eigenvalue weighted by molar-refractivity contribution is -0.134. The monoisotopic (exact) mass is 628 g/mol. The molecule has 0 aliphatic heterocycles. The van der Waals surface area contributed by atoms with Crippen molar-refractivity contribution < 1.29 is 24.3 Å². The van der Waals surface area contributed by atoms with E-state index in [1.165, 1.54) is 6.42 Å². The van der Waals surface area contributed by atoms with Gasteiger partial charge < -0.3 is 38.3 Å². The average molecular weight is 629 g/mol. The van der Waals surface area contributed by atoms with Crippen LogP contribution in [0, 0.1) is 23.2 Å². The van der Waals surface area contributed by atoms with Crippen molar-refractivity contribution in [2.24, 2.45) is 45.7 Å². The fourth-order valence-electron chi connectivity index (χ4n) is 6.36. The molecule has 2 saturated carbocycles. The summed E-state index contributed by atoms with van der Waals surface area (Å²) in [6.45, 7) is 3.49. The number of carboxylic acids is 1. The number of guanidine groups is 1. The molecule has 0 saturated heterocycles. The van der Waals surface area contributed by atoms with E-state index < -0.39 is 17.9 Å². The zero-order valence-electron chi connectivity index (χ0n) is 26.7. The van der Waals surface area contributed by atoms with Crippen molar-refractivity contribution in [1.29, 1.82) is 5.41 Å². The first-order chi connectivity index (χ1) is 21.3. The maximum atomic E-state index is 14.1. The molecule has 0 radical (unpaired) electrons. The molecule has 3 amide bonds. The normalized spacial score (nSPS) is 19.5. The number of nitrogens with zero attached hydrogens (tertiary/aromatic N) is 2. The van der Waals surface area contributed by atoms with Crippen molar-refractivity contribution in [3.63, 3.8) is 0 Å². The number of carbonyl (C=O) groups is 4. The molecule has 3 rings (SSSR count). The number of nitrogens with one attached hydrogen (secondary N) is 2. The Morgan fingerprint density at radius 1 is 1.00 bits per heavy atom. The summed E-state index contributed by atoms with van der Waals surface area (Å²) in [7, 11) is 0. The first kappa shape index (κ1) is 37.0. The minimum atomic E-state index is -0.833. The van der Waals surface area contributed by atoms with Crippen LogP contribution >= 0.6 is 0 Å². The standard InChI is InChI=1S/C30H48N8O3.C2H4O2/c1-19(21-8-3-2-4-9-21)29(41)38(23-14-12-22(13-15-23)27(31)32)24-10-5-7-20(17-24)18-26(39)37-25(28(33)40)11-6-16-36-30(34)35;1-2(3)4/h12-15,19-21,24-25H,2-11,16-18H2,1H3,(H3,31,32)(H2,33,40)(H,37,39)(H4,34,35,36);1H3,(H,3,4)/t19?,20?,24?,25-;/m0./s1. The predicted octanol–water partition coefficient (Wildman–Crippen LogP) is 2.58. The molecule has 2 aliphatic rings. The summed E-state index contributed by atoms with van der Waals surface area (Å²) in [4.78, 5) is 53.8. The minimum Gasteiger partial charge on any atom is -0.481 e. The van der Waals surface area contributed by atoms with Gasteiger partial charge in [0, 0.05) is 43.1 Å². The predicted molar refractivity (Wildman–Crippen MR) is 175 cm³/mol. The van der Waals surface area contributed by atoms with Gasteiger partial charge in [-0.1, -0.05) is 32.6 Å². The van der Waals surface area contributed by atoms with Gasteiger partial charge in [0.1, 0.15) is 11.9 Å². The second kappa shape index (κ2) is 18.6. The molecule has 250 valence electrons. The quantitative estimate of drug-likeness (QED) is 0.0969. The van der Waals surface area contributed by atoms with E-state index in [0.29, 0.717) is 37.3 Å². The molecule has 0 bridgehead atoms. The van der Waals surface area contributed by atoms with Gasteiger partial charge in [0.05, 0.1) is 0 Å². The van der Waals surface area contributed by atoms with Gasteiger partial charge in [-0.2, -0.15) is 0 Å². The Kier molecular flexibility index (Phi) is 15.3. The average Bonchev–Trinajstić information content (AvgIpc) is 2.98. The summed E-state index contributed by atoms with van der Waals surface area (Å²) in [5.41, 5.74) is 23.3. The summed E-state index contributed by atoms with van der Waals surface area (Å²) in [5, 5.41) is 17.9. The molecule has 2 fully saturated rings. The van der Waals surface area contributed by atoms with E-state index in [4.69, 9.17) is 38.2 Å². The fraction of sp³-hybridized carbons (Fsp3) is 0.625. The molecular formula is C32H52N8O5. The van der Waals surface area contributed by atoms with E-state index >= 15 is 0 Å². The van der Waals surface area contributed by atoms with E-state index in [1.807, 2.05) is 17.0 Å². The van der Waals surface area contributed by atoms with Crippen LogP contribution in [-0.4, -0.2) is 59.2 Å². The Hall–Kier alpha value is -4.16. The van der Waals surface area contributed by atoms with Gasteiger partial charge in [0.15, 0.2) is 5.96 Å². The van der Waals surface area contributed by atoms with Crippen LogP contribution in [0.25, 0.3) is 0 Å². The molecule has 1 aromatic carbocycles. The molecule has 45 heavy (non-hydrogen) atoms. The van der Waals surface area contributed by atoms with E-state index in [0.717, 1.165) is 57.6 Å². The maximum absolute atomic E-state index is 14.1. The zero-order chi connectivity index (χ0) is 33.5. The summed E-state index contributed by atoms with van der Waals surface area (Å²) in [5.74, 6) is -1.21. The SMILES string of the molecule is CC(=O)O.CC(C(=O)N(c1ccc(C(=N)N)cc1)C1CCCC(CC(=O)N[C@@H](CCCN=C(N)N)C(N)=O)C1)C1CCCCC1. The number of carbonyl (C=O) groups excluding carboxylic acids is 3. The van der Waals surface area contributed by atoms with E-state index in [-0.39, 0.29) is 47.9 Å². The van der Waals surface area contributed by atoms with Gasteiger partial charge in [-0.3, -0.25) is 29.6 Å². The molecule has 2 aliphatic carbocycles. The summed E-state index contributed by atoms with van der Waals surface area (Å²) >= 11 is 0. The van der Waals surface area contributed by atoms with Crippen molar-refractivity contribution in [3.8, 4) is 0 Å². The first-order valence-electron chi connectivity index (χ1n) is 15.9. The molecule has 3 unspecified atom stereocenters. The van der Waals surface area contributed by atoms with Crippen LogP contribution < -0.4 is 33.2 Å². The molecule has 1 aromatic rings. The Morgan fingerprint density at radius 3 is 2.18 bits per heavy atom. The second-order valence-electron chi connectivity index (χ2n) is 12.2. The number of carboxylic acid groups (broad SMARTS) is 1. The van der Waals surface area contributed by atoms with E-state index in [9.17, 15) is 14.4 Å². The third kappa shape index (κ3) is 12.8. The lowest BCUT2D eigenvalue weighted by atomic mass is 9.78. The van der Waals surface area contributed by atoms with Crippen LogP contribution in [0.15, 0.2) is 29.3 Å². The number of hydrogen-bond donors (Lipinski definition) is 7. The molecule has 0 heterocycles. The van der Waals surface area contributed by atoms with E-state index in [2.05, 4.69) is 17.2 Å². The number of nitrogen functional groups attached to an aromatic ring is 1. The highest BCUT2D eigenvalue weighted by atomic mass is 16.4. The topological polar surface area (TPSA) is 244 Å². The highest BCUT2D eigenvalue weighted by molar-refractivity contribution is 5.98. The van der Waals surface area contributed by atoms with Crippen LogP contribution in [0.1, 0.15) is 96.5 Å². The van der Waals surface area contributed by atoms with Crippen LogP contribution in [0.3, 0.4) is 0 Å². The summed E-state index contributed by atoms with van der Waals surface area (Å²) in [6.07, 6.45) is 10.1. The van der Waals surface area contributed by atoms with Crippen LogP contribution in [0.2, 0.25) is 0 Å². The third-order valence-corrected chi connectivity index (χ3v) is 8.66. The van der Waals surface area contributed by atoms with Gasteiger partial charge in [-0.05, 0) is 81.0 Å². The van der Waals surface area contributed by atoms with Crippen LogP contribution in [-0.2, 0) is 19.2 Å². The smallest absolute Gasteiger partial charge is 0.300 e. The van der Waals surface area contributed by atoms with Crippen molar-refractivity contribution in [2.45, 2.75) is 103 Å². The highest BCUT2D eigenvalue weighted by Gasteiger charge is 2.36. The van der Waals surface area contributed by atoms with Gasteiger partial charge in [0.2, 0.25) is 17.7 Å². The number of anilines is 1. The van der Waals surface area contributed by atoms with Crippen molar-refractivity contribution in [2.75, 3.05) is 11.4 Å². The Labute approximate surface area is 266 Å². The molecule has 0 spiro atoms. The number of amides is 3. The number of rotatable bonds is 13. The van der Waals surface area contributed by atoms with Crippen molar-refractivity contribution in [1.82, 2.24) is 5.32 Å². The lowest BCUT2D eigenvalue weighted by Crippen LogP contribution is -2.48. The summed E-state index contributed by atoms with van der Waals surface area (Å²) in [6, 6.07) is 6.49.